The topological polar surface area (TPSA) is 49.8 Å². The van der Waals surface area contributed by atoms with Crippen molar-refractivity contribution in [3.05, 3.63) is 0 Å². The van der Waals surface area contributed by atoms with Gasteiger partial charge in [0.2, 0.25) is 0 Å². The highest BCUT2D eigenvalue weighted by Gasteiger charge is 2.44. The van der Waals surface area contributed by atoms with E-state index in [0.717, 1.165) is 38.8 Å². The fourth-order valence-electron chi connectivity index (χ4n) is 3.99. The lowest BCUT2D eigenvalue weighted by Gasteiger charge is -2.42. The summed E-state index contributed by atoms with van der Waals surface area (Å²) in [6, 6.07) is 0.760. The van der Waals surface area contributed by atoms with Crippen molar-refractivity contribution in [1.29, 1.82) is 0 Å². The number of carboxylic acid groups (broad SMARTS) is 1. The van der Waals surface area contributed by atoms with E-state index in [1.165, 1.54) is 12.8 Å². The molecule has 1 heterocycles. The third-order valence-corrected chi connectivity index (χ3v) is 4.75. The molecule has 3 rings (SSSR count). The third-order valence-electron chi connectivity index (χ3n) is 4.75. The predicted molar refractivity (Wildman–Crippen MR) is 62.8 cm³/mol. The highest BCUT2D eigenvalue weighted by Crippen LogP contribution is 2.37. The Labute approximate surface area is 102 Å². The SMILES string of the molecule is O=C(O)C1CCCC1N1CCOC2CCCC21. The Balaban J connectivity index is 1.75. The van der Waals surface area contributed by atoms with E-state index in [0.29, 0.717) is 12.1 Å². The van der Waals surface area contributed by atoms with E-state index in [1.54, 1.807) is 0 Å². The van der Waals surface area contributed by atoms with Gasteiger partial charge in [0.05, 0.1) is 18.6 Å². The second-order valence-electron chi connectivity index (χ2n) is 5.59. The fraction of sp³-hybridized carbons (Fsp3) is 0.923. The number of hydrogen-bond acceptors (Lipinski definition) is 3. The average molecular weight is 239 g/mol. The van der Waals surface area contributed by atoms with Gasteiger partial charge < -0.3 is 9.84 Å². The standard InChI is InChI=1S/C13H21NO3/c15-13(16)9-3-1-4-10(9)14-7-8-17-12-6-2-5-11(12)14/h9-12H,1-8H2,(H,15,16). The van der Waals surface area contributed by atoms with Gasteiger partial charge in [-0.05, 0) is 32.1 Å². The molecule has 3 fully saturated rings. The van der Waals surface area contributed by atoms with Crippen molar-refractivity contribution in [3.63, 3.8) is 0 Å². The molecule has 0 amide bonds. The molecular weight excluding hydrogens is 218 g/mol. The number of morpholine rings is 1. The molecule has 1 N–H and O–H groups in total. The number of nitrogens with zero attached hydrogens (tertiary/aromatic N) is 1. The molecule has 0 aromatic heterocycles. The van der Waals surface area contributed by atoms with Crippen LogP contribution in [0.5, 0.6) is 0 Å². The van der Waals surface area contributed by atoms with Crippen LogP contribution in [0.15, 0.2) is 0 Å². The second kappa shape index (κ2) is 4.58. The molecule has 4 nitrogen and oxygen atoms in total. The van der Waals surface area contributed by atoms with Gasteiger partial charge in [-0.1, -0.05) is 6.42 Å². The molecule has 0 spiro atoms. The van der Waals surface area contributed by atoms with Crippen LogP contribution in [0.2, 0.25) is 0 Å². The molecule has 0 aromatic rings. The van der Waals surface area contributed by atoms with Crippen LogP contribution in [-0.4, -0.2) is 47.3 Å². The molecule has 2 saturated carbocycles. The van der Waals surface area contributed by atoms with Crippen LogP contribution in [0, 0.1) is 5.92 Å². The summed E-state index contributed by atoms with van der Waals surface area (Å²) in [4.78, 5) is 13.8. The largest absolute Gasteiger partial charge is 0.481 e. The highest BCUT2D eigenvalue weighted by atomic mass is 16.5. The summed E-state index contributed by atoms with van der Waals surface area (Å²) in [5, 5.41) is 9.30. The molecule has 1 aliphatic heterocycles. The monoisotopic (exact) mass is 239 g/mol. The van der Waals surface area contributed by atoms with E-state index in [-0.39, 0.29) is 12.0 Å². The Morgan fingerprint density at radius 2 is 1.88 bits per heavy atom. The van der Waals surface area contributed by atoms with E-state index in [4.69, 9.17) is 4.74 Å². The zero-order chi connectivity index (χ0) is 11.8. The minimum absolute atomic E-state index is 0.144. The smallest absolute Gasteiger partial charge is 0.308 e. The van der Waals surface area contributed by atoms with Gasteiger partial charge in [-0.3, -0.25) is 9.69 Å². The van der Waals surface area contributed by atoms with E-state index < -0.39 is 5.97 Å². The van der Waals surface area contributed by atoms with Crippen molar-refractivity contribution in [2.24, 2.45) is 5.92 Å². The minimum Gasteiger partial charge on any atom is -0.481 e. The molecule has 3 aliphatic rings. The zero-order valence-corrected chi connectivity index (χ0v) is 10.2. The van der Waals surface area contributed by atoms with Crippen LogP contribution in [0.1, 0.15) is 38.5 Å². The van der Waals surface area contributed by atoms with E-state index >= 15 is 0 Å². The molecule has 0 aromatic carbocycles. The number of fused-ring (bicyclic) bond motifs is 1. The Kier molecular flexibility index (Phi) is 3.09. The first-order chi connectivity index (χ1) is 8.27. The number of rotatable bonds is 2. The molecule has 1 saturated heterocycles. The number of hydrogen-bond donors (Lipinski definition) is 1. The zero-order valence-electron chi connectivity index (χ0n) is 10.2. The summed E-state index contributed by atoms with van der Waals surface area (Å²) in [5.41, 5.74) is 0. The molecular formula is C13H21NO3. The lowest BCUT2D eigenvalue weighted by molar-refractivity contribution is -0.146. The number of carbonyl (C=O) groups is 1. The summed E-state index contributed by atoms with van der Waals surface area (Å²) in [5.74, 6) is -0.747. The van der Waals surface area contributed by atoms with Gasteiger partial charge in [-0.25, -0.2) is 0 Å². The normalized spacial score (nSPS) is 42.6. The highest BCUT2D eigenvalue weighted by molar-refractivity contribution is 5.71. The summed E-state index contributed by atoms with van der Waals surface area (Å²) >= 11 is 0. The fourth-order valence-corrected chi connectivity index (χ4v) is 3.99. The maximum atomic E-state index is 11.3. The van der Waals surface area contributed by atoms with E-state index in [1.807, 2.05) is 0 Å². The van der Waals surface area contributed by atoms with Gasteiger partial charge in [-0.2, -0.15) is 0 Å². The van der Waals surface area contributed by atoms with E-state index in [9.17, 15) is 9.90 Å². The predicted octanol–water partition coefficient (Wildman–Crippen LogP) is 1.49. The van der Waals surface area contributed by atoms with Crippen LogP contribution in [-0.2, 0) is 9.53 Å². The van der Waals surface area contributed by atoms with Gasteiger partial charge in [0.15, 0.2) is 0 Å². The maximum Gasteiger partial charge on any atom is 0.308 e. The lowest BCUT2D eigenvalue weighted by atomic mass is 9.98. The molecule has 4 atom stereocenters. The van der Waals surface area contributed by atoms with Crippen molar-refractivity contribution in [2.45, 2.75) is 56.7 Å². The first-order valence-electron chi connectivity index (χ1n) is 6.87. The summed E-state index contributed by atoms with van der Waals surface area (Å²) in [6.45, 7) is 1.71. The Bertz CT molecular complexity index is 307. The quantitative estimate of drug-likeness (QED) is 0.793. The third kappa shape index (κ3) is 1.97. The Hall–Kier alpha value is -0.610. The molecule has 96 valence electrons. The summed E-state index contributed by atoms with van der Waals surface area (Å²) in [7, 11) is 0. The van der Waals surface area contributed by atoms with Crippen LogP contribution >= 0.6 is 0 Å². The maximum absolute atomic E-state index is 11.3. The van der Waals surface area contributed by atoms with Gasteiger partial charge in [0.25, 0.3) is 0 Å². The number of ether oxygens (including phenoxy) is 1. The average Bonchev–Trinajstić information content (AvgIpc) is 2.97. The van der Waals surface area contributed by atoms with Crippen molar-refractivity contribution < 1.29 is 14.6 Å². The van der Waals surface area contributed by atoms with Gasteiger partial charge in [0.1, 0.15) is 0 Å². The van der Waals surface area contributed by atoms with Crippen LogP contribution in [0.25, 0.3) is 0 Å². The van der Waals surface area contributed by atoms with E-state index in [2.05, 4.69) is 4.90 Å². The van der Waals surface area contributed by atoms with Crippen molar-refractivity contribution >= 4 is 5.97 Å². The Morgan fingerprint density at radius 1 is 1.12 bits per heavy atom. The number of aliphatic carboxylic acids is 1. The molecule has 4 heteroatoms. The van der Waals surface area contributed by atoms with Crippen molar-refractivity contribution in [2.75, 3.05) is 13.2 Å². The number of carboxylic acids is 1. The van der Waals surface area contributed by atoms with Crippen molar-refractivity contribution in [3.8, 4) is 0 Å². The molecule has 0 bridgehead atoms. The molecule has 0 radical (unpaired) electrons. The summed E-state index contributed by atoms with van der Waals surface area (Å²) in [6.07, 6.45) is 6.93. The first-order valence-corrected chi connectivity index (χ1v) is 6.87. The second-order valence-corrected chi connectivity index (χ2v) is 5.59. The lowest BCUT2D eigenvalue weighted by Crippen LogP contribution is -2.54. The van der Waals surface area contributed by atoms with Crippen molar-refractivity contribution in [1.82, 2.24) is 4.90 Å². The Morgan fingerprint density at radius 3 is 2.71 bits per heavy atom. The summed E-state index contributed by atoms with van der Waals surface area (Å²) < 4.78 is 5.80. The van der Waals surface area contributed by atoms with Crippen LogP contribution < -0.4 is 0 Å². The van der Waals surface area contributed by atoms with Gasteiger partial charge in [-0.15, -0.1) is 0 Å². The molecule has 2 aliphatic carbocycles. The van der Waals surface area contributed by atoms with Gasteiger partial charge in [0, 0.05) is 18.6 Å². The van der Waals surface area contributed by atoms with Crippen LogP contribution in [0.3, 0.4) is 0 Å². The van der Waals surface area contributed by atoms with Gasteiger partial charge >= 0.3 is 5.97 Å². The molecule has 4 unspecified atom stereocenters. The first kappa shape index (κ1) is 11.5. The minimum atomic E-state index is -0.603. The van der Waals surface area contributed by atoms with Crippen LogP contribution in [0.4, 0.5) is 0 Å². The molecule has 17 heavy (non-hydrogen) atoms.